The Balaban J connectivity index is 0.00000205. The van der Waals surface area contributed by atoms with Crippen molar-refractivity contribution in [1.82, 2.24) is 20.3 Å². The highest BCUT2D eigenvalue weighted by molar-refractivity contribution is 5.93. The number of nitrogens with two attached hydrogens (primary N) is 1. The van der Waals surface area contributed by atoms with Gasteiger partial charge in [0.05, 0.1) is 27.9 Å². The lowest BCUT2D eigenvalue weighted by atomic mass is 9.98. The number of aromatic nitrogens is 4. The van der Waals surface area contributed by atoms with E-state index in [1.165, 1.54) is 0 Å². The minimum absolute atomic E-state index is 0. The molecular weight excluding hydrogens is 394 g/mol. The highest BCUT2D eigenvalue weighted by Gasteiger charge is 2.36. The van der Waals surface area contributed by atoms with Gasteiger partial charge in [0.2, 0.25) is 0 Å². The van der Waals surface area contributed by atoms with Gasteiger partial charge in [-0.05, 0) is 45.7 Å². The Hall–Kier alpha value is -2.71. The molecule has 0 aromatic carbocycles. The van der Waals surface area contributed by atoms with E-state index in [1.54, 1.807) is 0 Å². The summed E-state index contributed by atoms with van der Waals surface area (Å²) in [5.74, 6) is 2.54. The second kappa shape index (κ2) is 6.96. The van der Waals surface area contributed by atoms with E-state index in [9.17, 15) is 0 Å². The summed E-state index contributed by atoms with van der Waals surface area (Å²) < 4.78 is 16.7. The maximum Gasteiger partial charge on any atom is 0.259 e. The van der Waals surface area contributed by atoms with Crippen molar-refractivity contribution in [2.45, 2.75) is 52.0 Å². The van der Waals surface area contributed by atoms with Gasteiger partial charge in [-0.25, -0.2) is 4.98 Å². The van der Waals surface area contributed by atoms with Crippen molar-refractivity contribution in [2.75, 3.05) is 0 Å². The summed E-state index contributed by atoms with van der Waals surface area (Å²) in [6, 6.07) is 3.86. The van der Waals surface area contributed by atoms with Crippen molar-refractivity contribution >= 4 is 23.5 Å². The highest BCUT2D eigenvalue weighted by atomic mass is 35.5. The van der Waals surface area contributed by atoms with Crippen LogP contribution in [0.4, 0.5) is 0 Å². The van der Waals surface area contributed by atoms with Crippen molar-refractivity contribution in [2.24, 2.45) is 5.73 Å². The first kappa shape index (κ1) is 19.6. The van der Waals surface area contributed by atoms with Gasteiger partial charge in [0.25, 0.3) is 11.6 Å². The summed E-state index contributed by atoms with van der Waals surface area (Å²) in [6.45, 7) is 5.67. The second-order valence-electron chi connectivity index (χ2n) is 7.62. The van der Waals surface area contributed by atoms with Crippen LogP contribution in [0.1, 0.15) is 48.7 Å². The van der Waals surface area contributed by atoms with E-state index in [2.05, 4.69) is 20.3 Å². The van der Waals surface area contributed by atoms with Gasteiger partial charge in [-0.2, -0.15) is 4.98 Å². The van der Waals surface area contributed by atoms with Gasteiger partial charge >= 0.3 is 0 Å². The number of hydrogen-bond acceptors (Lipinski definition) is 8. The van der Waals surface area contributed by atoms with Crippen LogP contribution >= 0.6 is 12.4 Å². The van der Waals surface area contributed by atoms with E-state index < -0.39 is 5.54 Å². The van der Waals surface area contributed by atoms with Gasteiger partial charge in [-0.1, -0.05) is 23.2 Å². The molecule has 4 aromatic heterocycles. The van der Waals surface area contributed by atoms with Crippen LogP contribution in [0.15, 0.2) is 25.6 Å². The van der Waals surface area contributed by atoms with Crippen LogP contribution in [0, 0.1) is 20.8 Å². The molecule has 9 heteroatoms. The van der Waals surface area contributed by atoms with Crippen LogP contribution in [0.5, 0.6) is 0 Å². The van der Waals surface area contributed by atoms with Crippen LogP contribution in [0.3, 0.4) is 0 Å². The van der Waals surface area contributed by atoms with Gasteiger partial charge in [0, 0.05) is 5.56 Å². The lowest BCUT2D eigenvalue weighted by Gasteiger charge is -2.17. The third kappa shape index (κ3) is 3.12. The predicted octanol–water partition coefficient (Wildman–Crippen LogP) is 4.61. The van der Waals surface area contributed by atoms with E-state index in [0.717, 1.165) is 53.7 Å². The number of halogens is 1. The zero-order chi connectivity index (χ0) is 19.5. The molecule has 152 valence electrons. The average Bonchev–Trinajstić information content (AvgIpc) is 3.43. The summed E-state index contributed by atoms with van der Waals surface area (Å²) in [7, 11) is 0. The first-order valence-electron chi connectivity index (χ1n) is 9.42. The molecule has 8 nitrogen and oxygen atoms in total. The first-order chi connectivity index (χ1) is 13.4. The van der Waals surface area contributed by atoms with Crippen LogP contribution in [-0.4, -0.2) is 20.3 Å². The van der Waals surface area contributed by atoms with Crippen molar-refractivity contribution in [3.63, 3.8) is 0 Å². The van der Waals surface area contributed by atoms with Crippen molar-refractivity contribution in [3.8, 4) is 22.7 Å². The van der Waals surface area contributed by atoms with E-state index in [-0.39, 0.29) is 12.4 Å². The summed E-state index contributed by atoms with van der Waals surface area (Å²) in [4.78, 5) is 9.26. The predicted molar refractivity (Wildman–Crippen MR) is 109 cm³/mol. The van der Waals surface area contributed by atoms with E-state index in [1.807, 2.05) is 32.9 Å². The van der Waals surface area contributed by atoms with E-state index in [4.69, 9.17) is 19.2 Å². The minimum Gasteiger partial charge on any atom is -0.466 e. The molecule has 1 fully saturated rings. The van der Waals surface area contributed by atoms with Gasteiger partial charge in [0.15, 0.2) is 5.82 Å². The fourth-order valence-corrected chi connectivity index (χ4v) is 4.05. The van der Waals surface area contributed by atoms with Crippen molar-refractivity contribution in [1.29, 1.82) is 0 Å². The second-order valence-corrected chi connectivity index (χ2v) is 7.62. The topological polar surface area (TPSA) is 117 Å². The fourth-order valence-electron chi connectivity index (χ4n) is 4.05. The number of nitrogens with zero attached hydrogens (tertiary/aromatic N) is 4. The third-order valence-corrected chi connectivity index (χ3v) is 5.53. The molecule has 0 amide bonds. The molecule has 29 heavy (non-hydrogen) atoms. The number of rotatable bonds is 3. The van der Waals surface area contributed by atoms with Gasteiger partial charge in [0.1, 0.15) is 11.5 Å². The molecule has 0 bridgehead atoms. The van der Waals surface area contributed by atoms with Crippen LogP contribution in [-0.2, 0) is 5.54 Å². The Morgan fingerprint density at radius 1 is 0.966 bits per heavy atom. The molecule has 4 heterocycles. The molecule has 0 radical (unpaired) electrons. The highest BCUT2D eigenvalue weighted by Crippen LogP contribution is 2.38. The molecular formula is C20H22ClN5O3. The van der Waals surface area contributed by atoms with Crippen molar-refractivity contribution < 1.29 is 13.5 Å². The zero-order valence-electron chi connectivity index (χ0n) is 16.5. The normalized spacial score (nSPS) is 15.7. The summed E-state index contributed by atoms with van der Waals surface area (Å²) in [5.41, 5.74) is 9.45. The molecule has 4 aromatic rings. The average molecular weight is 416 g/mol. The van der Waals surface area contributed by atoms with E-state index >= 15 is 0 Å². The molecule has 0 saturated heterocycles. The molecule has 1 saturated carbocycles. The number of hydrogen-bond donors (Lipinski definition) is 1. The summed E-state index contributed by atoms with van der Waals surface area (Å²) >= 11 is 0. The Bertz CT molecular complexity index is 1190. The lowest BCUT2D eigenvalue weighted by molar-refractivity contribution is 0.373. The van der Waals surface area contributed by atoms with Crippen LogP contribution in [0.2, 0.25) is 0 Å². The Labute approximate surface area is 173 Å². The number of furan rings is 1. The number of pyridine rings is 1. The van der Waals surface area contributed by atoms with Gasteiger partial charge < -0.3 is 19.2 Å². The van der Waals surface area contributed by atoms with Crippen molar-refractivity contribution in [3.05, 3.63) is 35.2 Å². The SMILES string of the molecule is Cc1cc(-c2cc(-c3nc(C4(N)CCCC4)no3)c3c(C)noc3n2)c(C)o1.Cl. The van der Waals surface area contributed by atoms with E-state index in [0.29, 0.717) is 28.8 Å². The largest absolute Gasteiger partial charge is 0.466 e. The minimum atomic E-state index is -0.515. The number of aryl methyl sites for hydroxylation is 3. The molecule has 1 aliphatic rings. The third-order valence-electron chi connectivity index (χ3n) is 5.53. The maximum absolute atomic E-state index is 6.50. The smallest absolute Gasteiger partial charge is 0.259 e. The van der Waals surface area contributed by atoms with Crippen LogP contribution < -0.4 is 5.73 Å². The Morgan fingerprint density at radius 3 is 2.41 bits per heavy atom. The van der Waals surface area contributed by atoms with Crippen LogP contribution in [0.25, 0.3) is 33.8 Å². The Kier molecular flexibility index (Phi) is 4.71. The lowest BCUT2D eigenvalue weighted by Crippen LogP contribution is -2.34. The molecule has 5 rings (SSSR count). The fraction of sp³-hybridized carbons (Fsp3) is 0.400. The molecule has 0 spiro atoms. The molecule has 0 aliphatic heterocycles. The van der Waals surface area contributed by atoms with Gasteiger partial charge in [-0.15, -0.1) is 12.4 Å². The Morgan fingerprint density at radius 2 is 1.72 bits per heavy atom. The zero-order valence-corrected chi connectivity index (χ0v) is 17.3. The standard InChI is InChI=1S/C20H21N5O3.ClH/c1-10-8-13(12(3)26-10)15-9-14(16-11(2)24-28-18(16)22-15)17-23-19(25-27-17)20(21)6-4-5-7-20;/h8-9H,4-7,21H2,1-3H3;1H. The summed E-state index contributed by atoms with van der Waals surface area (Å²) in [6.07, 6.45) is 3.88. The monoisotopic (exact) mass is 415 g/mol. The molecule has 0 atom stereocenters. The quantitative estimate of drug-likeness (QED) is 0.515. The number of fused-ring (bicyclic) bond motifs is 1. The van der Waals surface area contributed by atoms with Gasteiger partial charge in [-0.3, -0.25) is 0 Å². The molecule has 2 N–H and O–H groups in total. The first-order valence-corrected chi connectivity index (χ1v) is 9.42. The summed E-state index contributed by atoms with van der Waals surface area (Å²) in [5, 5.41) is 9.02. The molecule has 0 unspecified atom stereocenters. The molecule has 1 aliphatic carbocycles. The maximum atomic E-state index is 6.50.